The van der Waals surface area contributed by atoms with E-state index in [0.29, 0.717) is 25.4 Å². The maximum absolute atomic E-state index is 12.4. The van der Waals surface area contributed by atoms with Crippen molar-refractivity contribution in [3.8, 4) is 0 Å². The highest BCUT2D eigenvalue weighted by Crippen LogP contribution is 2.23. The van der Waals surface area contributed by atoms with Crippen molar-refractivity contribution in [1.82, 2.24) is 5.32 Å². The Morgan fingerprint density at radius 3 is 2.57 bits per heavy atom. The van der Waals surface area contributed by atoms with E-state index in [1.807, 2.05) is 30.3 Å². The predicted molar refractivity (Wildman–Crippen MR) is 102 cm³/mol. The van der Waals surface area contributed by atoms with Gasteiger partial charge in [-0.05, 0) is 11.6 Å². The number of nitro benzene ring substituents is 1. The number of methoxy groups -OCH3 is 1. The molecule has 0 unspecified atom stereocenters. The summed E-state index contributed by atoms with van der Waals surface area (Å²) in [5.41, 5.74) is 0.988. The number of non-ortho nitro benzene ring substituents is 1. The minimum atomic E-state index is -0.835. The number of amides is 1. The highest BCUT2D eigenvalue weighted by atomic mass is 16.6. The fourth-order valence-electron chi connectivity index (χ4n) is 2.31. The van der Waals surface area contributed by atoms with Gasteiger partial charge in [0.15, 0.2) is 6.61 Å². The van der Waals surface area contributed by atoms with Crippen molar-refractivity contribution >= 4 is 23.3 Å². The van der Waals surface area contributed by atoms with Gasteiger partial charge in [-0.2, -0.15) is 0 Å². The van der Waals surface area contributed by atoms with Crippen molar-refractivity contribution in [2.75, 3.05) is 32.2 Å². The number of anilines is 1. The first-order valence-corrected chi connectivity index (χ1v) is 8.50. The molecule has 2 rings (SSSR count). The van der Waals surface area contributed by atoms with Crippen LogP contribution in [-0.2, 0) is 20.8 Å². The molecule has 28 heavy (non-hydrogen) atoms. The zero-order valence-electron chi connectivity index (χ0n) is 15.3. The molecule has 0 saturated heterocycles. The van der Waals surface area contributed by atoms with Crippen LogP contribution in [0.2, 0.25) is 0 Å². The van der Waals surface area contributed by atoms with Crippen LogP contribution in [0.15, 0.2) is 48.5 Å². The lowest BCUT2D eigenvalue weighted by Gasteiger charge is -2.12. The molecule has 2 aromatic carbocycles. The van der Waals surface area contributed by atoms with E-state index in [2.05, 4.69) is 10.6 Å². The molecule has 0 aliphatic rings. The summed E-state index contributed by atoms with van der Waals surface area (Å²) >= 11 is 0. The third-order valence-electron chi connectivity index (χ3n) is 3.72. The summed E-state index contributed by atoms with van der Waals surface area (Å²) in [7, 11) is 1.53. The number of hydrogen-bond acceptors (Lipinski definition) is 7. The van der Waals surface area contributed by atoms with Gasteiger partial charge in [-0.1, -0.05) is 30.3 Å². The molecule has 0 saturated carbocycles. The van der Waals surface area contributed by atoms with Crippen LogP contribution in [0.25, 0.3) is 0 Å². The average molecular weight is 387 g/mol. The second-order valence-electron chi connectivity index (χ2n) is 5.75. The molecule has 9 heteroatoms. The van der Waals surface area contributed by atoms with Gasteiger partial charge >= 0.3 is 5.97 Å². The predicted octanol–water partition coefficient (Wildman–Crippen LogP) is 2.13. The Kier molecular flexibility index (Phi) is 7.92. The summed E-state index contributed by atoms with van der Waals surface area (Å²) < 4.78 is 9.94. The smallest absolute Gasteiger partial charge is 0.341 e. The van der Waals surface area contributed by atoms with Crippen molar-refractivity contribution in [3.63, 3.8) is 0 Å². The van der Waals surface area contributed by atoms with Gasteiger partial charge in [-0.3, -0.25) is 14.9 Å². The maximum Gasteiger partial charge on any atom is 0.341 e. The number of benzene rings is 2. The quantitative estimate of drug-likeness (QED) is 0.277. The van der Waals surface area contributed by atoms with Crippen molar-refractivity contribution in [3.05, 3.63) is 69.8 Å². The van der Waals surface area contributed by atoms with Gasteiger partial charge in [0.1, 0.15) is 0 Å². The Hall–Kier alpha value is -3.46. The largest absolute Gasteiger partial charge is 0.452 e. The second kappa shape index (κ2) is 10.6. The molecule has 0 heterocycles. The van der Waals surface area contributed by atoms with Crippen molar-refractivity contribution < 1.29 is 24.0 Å². The van der Waals surface area contributed by atoms with Crippen LogP contribution in [0, 0.1) is 10.1 Å². The standard InChI is InChI=1S/C19H21N3O6/c1-27-10-9-20-17-8-7-15(22(25)26)11-16(17)19(24)28-13-18(23)21-12-14-5-3-2-4-6-14/h2-8,11,20H,9-10,12-13H2,1H3,(H,21,23). The van der Waals surface area contributed by atoms with E-state index in [0.717, 1.165) is 11.6 Å². The first-order chi connectivity index (χ1) is 13.5. The van der Waals surface area contributed by atoms with Crippen LogP contribution in [0.3, 0.4) is 0 Å². The number of nitrogens with zero attached hydrogens (tertiary/aromatic N) is 1. The van der Waals surface area contributed by atoms with Gasteiger partial charge in [0.25, 0.3) is 11.6 Å². The summed E-state index contributed by atoms with van der Waals surface area (Å²) in [6.45, 7) is 0.587. The lowest BCUT2D eigenvalue weighted by atomic mass is 10.1. The van der Waals surface area contributed by atoms with Gasteiger partial charge in [-0.25, -0.2) is 4.79 Å². The Labute approximate surface area is 161 Å². The highest BCUT2D eigenvalue weighted by molar-refractivity contribution is 5.97. The Morgan fingerprint density at radius 2 is 1.89 bits per heavy atom. The Morgan fingerprint density at radius 1 is 1.14 bits per heavy atom. The van der Waals surface area contributed by atoms with E-state index < -0.39 is 23.4 Å². The molecule has 0 aromatic heterocycles. The summed E-state index contributed by atoms with van der Waals surface area (Å²) in [5.74, 6) is -1.31. The van der Waals surface area contributed by atoms with E-state index in [-0.39, 0.29) is 11.3 Å². The number of esters is 1. The molecule has 0 fully saturated rings. The Bertz CT molecular complexity index is 826. The summed E-state index contributed by atoms with van der Waals surface area (Å²) in [4.78, 5) is 34.6. The average Bonchev–Trinajstić information content (AvgIpc) is 2.71. The molecule has 0 radical (unpaired) electrons. The number of carbonyl (C=O) groups is 2. The van der Waals surface area contributed by atoms with Crippen molar-refractivity contribution in [1.29, 1.82) is 0 Å². The fraction of sp³-hybridized carbons (Fsp3) is 0.263. The number of rotatable bonds is 10. The SMILES string of the molecule is COCCNc1ccc([N+](=O)[O-])cc1C(=O)OCC(=O)NCc1ccccc1. The first kappa shape index (κ1) is 20.8. The van der Waals surface area contributed by atoms with E-state index >= 15 is 0 Å². The van der Waals surface area contributed by atoms with Crippen LogP contribution < -0.4 is 10.6 Å². The van der Waals surface area contributed by atoms with E-state index in [1.54, 1.807) is 0 Å². The molecule has 2 aromatic rings. The Balaban J connectivity index is 1.97. The van der Waals surface area contributed by atoms with Gasteiger partial charge in [0.2, 0.25) is 0 Å². The first-order valence-electron chi connectivity index (χ1n) is 8.50. The maximum atomic E-state index is 12.4. The summed E-state index contributed by atoms with van der Waals surface area (Å²) in [6.07, 6.45) is 0. The van der Waals surface area contributed by atoms with Gasteiger partial charge in [-0.15, -0.1) is 0 Å². The van der Waals surface area contributed by atoms with Crippen LogP contribution in [0.5, 0.6) is 0 Å². The summed E-state index contributed by atoms with van der Waals surface area (Å²) in [6, 6.07) is 13.1. The van der Waals surface area contributed by atoms with Crippen molar-refractivity contribution in [2.45, 2.75) is 6.54 Å². The molecule has 2 N–H and O–H groups in total. The fourth-order valence-corrected chi connectivity index (χ4v) is 2.31. The molecule has 0 atom stereocenters. The van der Waals surface area contributed by atoms with Crippen LogP contribution in [-0.4, -0.2) is 43.7 Å². The molecule has 0 aliphatic heterocycles. The number of carbonyl (C=O) groups excluding carboxylic acids is 2. The number of ether oxygens (including phenoxy) is 2. The zero-order chi connectivity index (χ0) is 20.4. The number of hydrogen-bond donors (Lipinski definition) is 2. The molecule has 0 spiro atoms. The monoisotopic (exact) mass is 387 g/mol. The molecule has 0 aliphatic carbocycles. The van der Waals surface area contributed by atoms with E-state index in [1.165, 1.54) is 19.2 Å². The minimum absolute atomic E-state index is 0.0267. The lowest BCUT2D eigenvalue weighted by Crippen LogP contribution is -2.28. The molecular weight excluding hydrogens is 366 g/mol. The number of nitrogens with one attached hydrogen (secondary N) is 2. The normalized spacial score (nSPS) is 10.2. The highest BCUT2D eigenvalue weighted by Gasteiger charge is 2.19. The topological polar surface area (TPSA) is 120 Å². The molecule has 148 valence electrons. The summed E-state index contributed by atoms with van der Waals surface area (Å²) in [5, 5.41) is 16.6. The van der Waals surface area contributed by atoms with Crippen molar-refractivity contribution in [2.24, 2.45) is 0 Å². The third kappa shape index (κ3) is 6.36. The van der Waals surface area contributed by atoms with Crippen LogP contribution >= 0.6 is 0 Å². The van der Waals surface area contributed by atoms with Gasteiger partial charge in [0, 0.05) is 38.0 Å². The van der Waals surface area contributed by atoms with Crippen LogP contribution in [0.4, 0.5) is 11.4 Å². The third-order valence-corrected chi connectivity index (χ3v) is 3.72. The molecule has 0 bridgehead atoms. The van der Waals surface area contributed by atoms with Crippen LogP contribution in [0.1, 0.15) is 15.9 Å². The molecule has 1 amide bonds. The van der Waals surface area contributed by atoms with Gasteiger partial charge < -0.3 is 20.1 Å². The lowest BCUT2D eigenvalue weighted by molar-refractivity contribution is -0.384. The zero-order valence-corrected chi connectivity index (χ0v) is 15.3. The molecular formula is C19H21N3O6. The van der Waals surface area contributed by atoms with Gasteiger partial charge in [0.05, 0.1) is 17.1 Å². The molecule has 9 nitrogen and oxygen atoms in total. The number of nitro groups is 1. The van der Waals surface area contributed by atoms with E-state index in [9.17, 15) is 19.7 Å². The van der Waals surface area contributed by atoms with E-state index in [4.69, 9.17) is 9.47 Å². The second-order valence-corrected chi connectivity index (χ2v) is 5.75. The minimum Gasteiger partial charge on any atom is -0.452 e.